The molecule has 0 aromatic carbocycles. The summed E-state index contributed by atoms with van der Waals surface area (Å²) in [6.45, 7) is 10.7. The van der Waals surface area contributed by atoms with E-state index in [-0.39, 0.29) is 5.91 Å². The highest BCUT2D eigenvalue weighted by molar-refractivity contribution is 5.75. The number of fused-ring (bicyclic) bond motifs is 2. The minimum Gasteiger partial charge on any atom is -0.356 e. The summed E-state index contributed by atoms with van der Waals surface area (Å²) in [4.78, 5) is 11.5. The van der Waals surface area contributed by atoms with Crippen LogP contribution in [0.5, 0.6) is 0 Å². The predicted octanol–water partition coefficient (Wildman–Crippen LogP) is 2.32. The maximum Gasteiger partial charge on any atom is 0.221 e. The van der Waals surface area contributed by atoms with E-state index in [0.717, 1.165) is 19.0 Å². The smallest absolute Gasteiger partial charge is 0.221 e. The summed E-state index contributed by atoms with van der Waals surface area (Å²) in [6.07, 6.45) is 4.69. The molecule has 0 aromatic heterocycles. The Bertz CT molecular complexity index is 322. The highest BCUT2D eigenvalue weighted by atomic mass is 16.1. The van der Waals surface area contributed by atoms with E-state index in [2.05, 4.69) is 31.4 Å². The van der Waals surface area contributed by atoms with Crippen LogP contribution >= 0.6 is 0 Å². The molecule has 2 aliphatic rings. The van der Waals surface area contributed by atoms with Crippen LogP contribution in [-0.4, -0.2) is 25.0 Å². The van der Waals surface area contributed by atoms with Crippen molar-refractivity contribution in [2.24, 2.45) is 16.7 Å². The normalized spacial score (nSPS) is 36.9. The molecule has 2 fully saturated rings. The quantitative estimate of drug-likeness (QED) is 0.788. The van der Waals surface area contributed by atoms with Gasteiger partial charge in [0.05, 0.1) is 0 Å². The maximum atomic E-state index is 11.5. The number of hydrogen-bond donors (Lipinski definition) is 2. The van der Waals surface area contributed by atoms with Crippen LogP contribution in [0.15, 0.2) is 0 Å². The van der Waals surface area contributed by atoms with Crippen LogP contribution in [0.3, 0.4) is 0 Å². The Morgan fingerprint density at radius 3 is 2.61 bits per heavy atom. The molecule has 2 N–H and O–H groups in total. The number of carbonyl (C=O) groups excluding carboxylic acids is 1. The SMILES string of the molecule is CCNC(=O)CCNC1C2(C)CCC(C2)C1(C)C. The van der Waals surface area contributed by atoms with Gasteiger partial charge in [0.2, 0.25) is 5.91 Å². The molecular formula is C15H28N2O. The van der Waals surface area contributed by atoms with Crippen molar-refractivity contribution in [2.45, 2.75) is 59.4 Å². The molecule has 2 saturated carbocycles. The summed E-state index contributed by atoms with van der Waals surface area (Å²) >= 11 is 0. The van der Waals surface area contributed by atoms with E-state index >= 15 is 0 Å². The van der Waals surface area contributed by atoms with Crippen LogP contribution in [0.4, 0.5) is 0 Å². The monoisotopic (exact) mass is 252 g/mol. The molecular weight excluding hydrogens is 224 g/mol. The molecule has 18 heavy (non-hydrogen) atoms. The largest absolute Gasteiger partial charge is 0.356 e. The molecule has 0 aromatic rings. The van der Waals surface area contributed by atoms with Crippen LogP contribution in [0.1, 0.15) is 53.4 Å². The Balaban J connectivity index is 1.87. The average Bonchev–Trinajstić information content (AvgIpc) is 2.75. The molecule has 3 unspecified atom stereocenters. The third kappa shape index (κ3) is 2.29. The summed E-state index contributed by atoms with van der Waals surface area (Å²) < 4.78 is 0. The van der Waals surface area contributed by atoms with Gasteiger partial charge in [-0.15, -0.1) is 0 Å². The van der Waals surface area contributed by atoms with Crippen molar-refractivity contribution in [3.05, 3.63) is 0 Å². The van der Waals surface area contributed by atoms with Gasteiger partial charge in [-0.25, -0.2) is 0 Å². The van der Waals surface area contributed by atoms with Gasteiger partial charge >= 0.3 is 0 Å². The molecule has 2 rings (SSSR count). The molecule has 0 saturated heterocycles. The van der Waals surface area contributed by atoms with Crippen LogP contribution < -0.4 is 10.6 Å². The van der Waals surface area contributed by atoms with Crippen LogP contribution in [0.25, 0.3) is 0 Å². The highest BCUT2D eigenvalue weighted by Crippen LogP contribution is 2.62. The number of nitrogens with one attached hydrogen (secondary N) is 2. The van der Waals surface area contributed by atoms with E-state index in [4.69, 9.17) is 0 Å². The van der Waals surface area contributed by atoms with Gasteiger partial charge in [-0.1, -0.05) is 20.8 Å². The lowest BCUT2D eigenvalue weighted by molar-refractivity contribution is -0.121. The lowest BCUT2D eigenvalue weighted by atomic mass is 9.68. The minimum atomic E-state index is 0.163. The first-order chi connectivity index (χ1) is 8.40. The number of rotatable bonds is 5. The molecule has 0 spiro atoms. The van der Waals surface area contributed by atoms with Crippen molar-refractivity contribution in [3.8, 4) is 0 Å². The zero-order valence-corrected chi connectivity index (χ0v) is 12.3. The molecule has 3 nitrogen and oxygen atoms in total. The van der Waals surface area contributed by atoms with Crippen LogP contribution in [0, 0.1) is 16.7 Å². The van der Waals surface area contributed by atoms with Gasteiger partial charge in [-0.05, 0) is 42.9 Å². The maximum absolute atomic E-state index is 11.5. The first-order valence-electron chi connectivity index (χ1n) is 7.40. The van der Waals surface area contributed by atoms with Crippen molar-refractivity contribution in [2.75, 3.05) is 13.1 Å². The van der Waals surface area contributed by atoms with Gasteiger partial charge in [-0.2, -0.15) is 0 Å². The van der Waals surface area contributed by atoms with E-state index in [9.17, 15) is 4.79 Å². The topological polar surface area (TPSA) is 41.1 Å². The van der Waals surface area contributed by atoms with Crippen molar-refractivity contribution in [3.63, 3.8) is 0 Å². The van der Waals surface area contributed by atoms with Crippen LogP contribution in [-0.2, 0) is 4.79 Å². The number of amides is 1. The molecule has 3 heteroatoms. The second-order valence-electron chi connectivity index (χ2n) is 7.01. The highest BCUT2D eigenvalue weighted by Gasteiger charge is 2.58. The van der Waals surface area contributed by atoms with Gasteiger partial charge < -0.3 is 10.6 Å². The molecule has 2 aliphatic carbocycles. The molecule has 104 valence electrons. The minimum absolute atomic E-state index is 0.163. The third-order valence-corrected chi connectivity index (χ3v) is 5.34. The molecule has 2 bridgehead atoms. The van der Waals surface area contributed by atoms with E-state index in [1.807, 2.05) is 6.92 Å². The lowest BCUT2D eigenvalue weighted by Gasteiger charge is -2.43. The fourth-order valence-corrected chi connectivity index (χ4v) is 4.43. The Labute approximate surface area is 111 Å². The van der Waals surface area contributed by atoms with E-state index in [1.54, 1.807) is 0 Å². The van der Waals surface area contributed by atoms with Gasteiger partial charge in [0.1, 0.15) is 0 Å². The lowest BCUT2D eigenvalue weighted by Crippen LogP contribution is -2.51. The Morgan fingerprint density at radius 2 is 2.06 bits per heavy atom. The second kappa shape index (κ2) is 4.84. The second-order valence-corrected chi connectivity index (χ2v) is 7.01. The molecule has 0 heterocycles. The Morgan fingerprint density at radius 1 is 1.33 bits per heavy atom. The van der Waals surface area contributed by atoms with Gasteiger partial charge in [0.15, 0.2) is 0 Å². The molecule has 1 amide bonds. The van der Waals surface area contributed by atoms with Crippen LogP contribution in [0.2, 0.25) is 0 Å². The first-order valence-corrected chi connectivity index (χ1v) is 7.40. The molecule has 0 radical (unpaired) electrons. The predicted molar refractivity (Wildman–Crippen MR) is 74.3 cm³/mol. The summed E-state index contributed by atoms with van der Waals surface area (Å²) in [5.41, 5.74) is 0.837. The fourth-order valence-electron chi connectivity index (χ4n) is 4.43. The van der Waals surface area contributed by atoms with Crippen molar-refractivity contribution in [1.29, 1.82) is 0 Å². The zero-order chi connectivity index (χ0) is 13.4. The molecule has 0 aliphatic heterocycles. The average molecular weight is 252 g/mol. The van der Waals surface area contributed by atoms with Gasteiger partial charge in [-0.3, -0.25) is 4.79 Å². The third-order valence-electron chi connectivity index (χ3n) is 5.34. The summed E-state index contributed by atoms with van der Waals surface area (Å²) in [5.74, 6) is 1.03. The standard InChI is InChI=1S/C15H28N2O/c1-5-16-12(18)7-9-17-13-14(2,3)11-6-8-15(13,4)10-11/h11,13,17H,5-10H2,1-4H3,(H,16,18). The summed E-state index contributed by atoms with van der Waals surface area (Å²) in [7, 11) is 0. The summed E-state index contributed by atoms with van der Waals surface area (Å²) in [6, 6.07) is 0.568. The summed E-state index contributed by atoms with van der Waals surface area (Å²) in [5, 5.41) is 6.53. The fraction of sp³-hybridized carbons (Fsp3) is 0.933. The zero-order valence-electron chi connectivity index (χ0n) is 12.3. The number of carbonyl (C=O) groups is 1. The Kier molecular flexibility index (Phi) is 3.72. The van der Waals surface area contributed by atoms with Crippen molar-refractivity contribution in [1.82, 2.24) is 10.6 Å². The Hall–Kier alpha value is -0.570. The first kappa shape index (κ1) is 13.9. The van der Waals surface area contributed by atoms with E-state index in [1.165, 1.54) is 19.3 Å². The van der Waals surface area contributed by atoms with Gasteiger partial charge in [0.25, 0.3) is 0 Å². The van der Waals surface area contributed by atoms with Crippen molar-refractivity contribution < 1.29 is 4.79 Å². The van der Waals surface area contributed by atoms with Gasteiger partial charge in [0, 0.05) is 25.6 Å². The van der Waals surface area contributed by atoms with Crippen molar-refractivity contribution >= 4 is 5.91 Å². The van der Waals surface area contributed by atoms with E-state index < -0.39 is 0 Å². The van der Waals surface area contributed by atoms with E-state index in [0.29, 0.717) is 23.3 Å². The number of hydrogen-bond acceptors (Lipinski definition) is 2. The molecule has 3 atom stereocenters.